The number of benzene rings is 1. The van der Waals surface area contributed by atoms with Gasteiger partial charge in [-0.2, -0.15) is 5.10 Å². The number of halogens is 3. The Kier molecular flexibility index (Phi) is 5.02. The third-order valence-corrected chi connectivity index (χ3v) is 2.77. The molecular formula is C13H11F3N4O4. The highest BCUT2D eigenvalue weighted by atomic mass is 19.4. The van der Waals surface area contributed by atoms with E-state index in [9.17, 15) is 28.1 Å². The van der Waals surface area contributed by atoms with Crippen LogP contribution in [0.3, 0.4) is 0 Å². The van der Waals surface area contributed by atoms with Crippen molar-refractivity contribution in [3.63, 3.8) is 0 Å². The number of nitrogens with zero attached hydrogens (tertiary/aromatic N) is 3. The number of rotatable bonds is 6. The van der Waals surface area contributed by atoms with Gasteiger partial charge in [-0.05, 0) is 24.3 Å². The summed E-state index contributed by atoms with van der Waals surface area (Å²) in [6.45, 7) is 0.120. The van der Waals surface area contributed by atoms with Gasteiger partial charge in [0.25, 0.3) is 0 Å². The predicted molar refractivity (Wildman–Crippen MR) is 75.3 cm³/mol. The Bertz CT molecular complexity index is 728. The summed E-state index contributed by atoms with van der Waals surface area (Å²) in [5.41, 5.74) is 0.108. The van der Waals surface area contributed by atoms with Crippen LogP contribution in [0.1, 0.15) is 6.42 Å². The lowest BCUT2D eigenvalue weighted by atomic mass is 10.3. The van der Waals surface area contributed by atoms with Gasteiger partial charge in [-0.1, -0.05) is 0 Å². The molecule has 1 heterocycles. The first-order valence-corrected chi connectivity index (χ1v) is 6.55. The number of nitro groups is 1. The molecule has 1 N–H and O–H groups in total. The molecule has 1 aromatic heterocycles. The molecule has 0 aliphatic carbocycles. The molecule has 1 aromatic carbocycles. The lowest BCUT2D eigenvalue weighted by molar-refractivity contribution is -0.385. The molecule has 8 nitrogen and oxygen atoms in total. The van der Waals surface area contributed by atoms with Gasteiger partial charge in [0, 0.05) is 18.7 Å². The van der Waals surface area contributed by atoms with Gasteiger partial charge in [0.15, 0.2) is 0 Å². The minimum absolute atomic E-state index is 0.0142. The fraction of sp³-hybridized carbons (Fsp3) is 0.231. The van der Waals surface area contributed by atoms with Crippen LogP contribution >= 0.6 is 0 Å². The lowest BCUT2D eigenvalue weighted by Gasteiger charge is -2.10. The largest absolute Gasteiger partial charge is 0.573 e. The zero-order chi connectivity index (χ0) is 17.7. The van der Waals surface area contributed by atoms with Crippen molar-refractivity contribution in [1.29, 1.82) is 0 Å². The maximum absolute atomic E-state index is 12.0. The maximum atomic E-state index is 12.0. The Morgan fingerprint density at radius 2 is 2.00 bits per heavy atom. The van der Waals surface area contributed by atoms with Crippen LogP contribution in [0.5, 0.6) is 5.75 Å². The summed E-state index contributed by atoms with van der Waals surface area (Å²) in [5.74, 6) is -0.818. The van der Waals surface area contributed by atoms with Crippen LogP contribution in [-0.4, -0.2) is 27.0 Å². The van der Waals surface area contributed by atoms with Crippen molar-refractivity contribution in [3.05, 3.63) is 46.8 Å². The summed E-state index contributed by atoms with van der Waals surface area (Å²) in [5, 5.41) is 16.7. The van der Waals surface area contributed by atoms with Crippen LogP contribution in [0.2, 0.25) is 0 Å². The molecule has 0 fully saturated rings. The minimum atomic E-state index is -4.78. The fourth-order valence-electron chi connectivity index (χ4n) is 1.75. The molecule has 0 spiro atoms. The molecular weight excluding hydrogens is 333 g/mol. The number of aryl methyl sites for hydroxylation is 1. The summed E-state index contributed by atoms with van der Waals surface area (Å²) >= 11 is 0. The molecule has 0 unspecified atom stereocenters. The van der Waals surface area contributed by atoms with Crippen LogP contribution in [0.4, 0.5) is 24.5 Å². The SMILES string of the molecule is O=C(CCn1cc([N+](=O)[O-])cn1)Nc1ccc(OC(F)(F)F)cc1. The molecule has 2 aromatic rings. The molecule has 0 saturated heterocycles. The molecule has 24 heavy (non-hydrogen) atoms. The average Bonchev–Trinajstić information content (AvgIpc) is 2.95. The maximum Gasteiger partial charge on any atom is 0.573 e. The number of ether oxygens (including phenoxy) is 1. The number of hydrogen-bond donors (Lipinski definition) is 1. The molecule has 11 heteroatoms. The second-order valence-corrected chi connectivity index (χ2v) is 4.59. The van der Waals surface area contributed by atoms with E-state index in [1.54, 1.807) is 0 Å². The smallest absolute Gasteiger partial charge is 0.406 e. The third-order valence-electron chi connectivity index (χ3n) is 2.77. The minimum Gasteiger partial charge on any atom is -0.406 e. The molecule has 0 bridgehead atoms. The van der Waals surface area contributed by atoms with Gasteiger partial charge in [-0.3, -0.25) is 19.6 Å². The normalized spacial score (nSPS) is 11.1. The molecule has 1 amide bonds. The predicted octanol–water partition coefficient (Wildman–Crippen LogP) is 2.72. The van der Waals surface area contributed by atoms with Crippen LogP contribution < -0.4 is 10.1 Å². The van der Waals surface area contributed by atoms with E-state index in [-0.39, 0.29) is 18.7 Å². The Morgan fingerprint density at radius 1 is 1.33 bits per heavy atom. The van der Waals surface area contributed by atoms with E-state index in [1.165, 1.54) is 23.0 Å². The first-order valence-electron chi connectivity index (χ1n) is 6.55. The number of aromatic nitrogens is 2. The summed E-state index contributed by atoms with van der Waals surface area (Å²) in [4.78, 5) is 21.6. The lowest BCUT2D eigenvalue weighted by Crippen LogP contribution is -2.17. The van der Waals surface area contributed by atoms with Crippen molar-refractivity contribution < 1.29 is 27.6 Å². The highest BCUT2D eigenvalue weighted by Gasteiger charge is 2.30. The number of hydrogen-bond acceptors (Lipinski definition) is 5. The van der Waals surface area contributed by atoms with E-state index in [0.29, 0.717) is 5.69 Å². The summed E-state index contributed by atoms with van der Waals surface area (Å²) in [7, 11) is 0. The Hall–Kier alpha value is -3.11. The van der Waals surface area contributed by atoms with Crippen molar-refractivity contribution >= 4 is 17.3 Å². The standard InChI is InChI=1S/C13H11F3N4O4/c14-13(15,16)24-11-3-1-9(2-4-11)18-12(21)5-6-19-8-10(7-17-19)20(22)23/h1-4,7-8H,5-6H2,(H,18,21). The zero-order valence-electron chi connectivity index (χ0n) is 12.0. The van der Waals surface area contributed by atoms with Gasteiger partial charge in [0.1, 0.15) is 18.1 Å². The van der Waals surface area contributed by atoms with E-state index in [2.05, 4.69) is 15.2 Å². The number of anilines is 1. The molecule has 2 rings (SSSR count). The van der Waals surface area contributed by atoms with Crippen LogP contribution in [0.25, 0.3) is 0 Å². The number of amides is 1. The van der Waals surface area contributed by atoms with Crippen LogP contribution in [-0.2, 0) is 11.3 Å². The highest BCUT2D eigenvalue weighted by Crippen LogP contribution is 2.24. The van der Waals surface area contributed by atoms with Gasteiger partial charge >= 0.3 is 12.0 Å². The molecule has 0 radical (unpaired) electrons. The molecule has 0 aliphatic rings. The number of carbonyl (C=O) groups is 1. The summed E-state index contributed by atoms with van der Waals surface area (Å²) in [6.07, 6.45) is -2.54. The molecule has 0 saturated carbocycles. The second-order valence-electron chi connectivity index (χ2n) is 4.59. The van der Waals surface area contributed by atoms with E-state index < -0.39 is 22.9 Å². The quantitative estimate of drug-likeness (QED) is 0.642. The van der Waals surface area contributed by atoms with Crippen molar-refractivity contribution in [1.82, 2.24) is 9.78 Å². The first kappa shape index (κ1) is 17.2. The zero-order valence-corrected chi connectivity index (χ0v) is 12.0. The van der Waals surface area contributed by atoms with Crippen molar-refractivity contribution in [2.24, 2.45) is 0 Å². The van der Waals surface area contributed by atoms with Crippen molar-refractivity contribution in [2.45, 2.75) is 19.3 Å². The third kappa shape index (κ3) is 5.26. The van der Waals surface area contributed by atoms with Crippen LogP contribution in [0, 0.1) is 10.1 Å². The number of carbonyl (C=O) groups excluding carboxylic acids is 1. The van der Waals surface area contributed by atoms with E-state index in [0.717, 1.165) is 18.3 Å². The summed E-state index contributed by atoms with van der Waals surface area (Å²) < 4.78 is 41.0. The first-order chi connectivity index (χ1) is 11.2. The Labute approximate surface area is 133 Å². The van der Waals surface area contributed by atoms with E-state index in [1.807, 2.05) is 0 Å². The van der Waals surface area contributed by atoms with Gasteiger partial charge in [-0.25, -0.2) is 0 Å². The Balaban J connectivity index is 1.84. The van der Waals surface area contributed by atoms with Crippen LogP contribution in [0.15, 0.2) is 36.7 Å². The fourth-order valence-corrected chi connectivity index (χ4v) is 1.75. The topological polar surface area (TPSA) is 99.3 Å². The van der Waals surface area contributed by atoms with Gasteiger partial charge < -0.3 is 10.1 Å². The average molecular weight is 344 g/mol. The second kappa shape index (κ2) is 6.98. The van der Waals surface area contributed by atoms with Gasteiger partial charge in [-0.15, -0.1) is 13.2 Å². The van der Waals surface area contributed by atoms with Crippen molar-refractivity contribution in [2.75, 3.05) is 5.32 Å². The monoisotopic (exact) mass is 344 g/mol. The molecule has 0 atom stereocenters. The van der Waals surface area contributed by atoms with Gasteiger partial charge in [0.05, 0.1) is 4.92 Å². The highest BCUT2D eigenvalue weighted by molar-refractivity contribution is 5.90. The number of alkyl halides is 3. The number of nitrogens with one attached hydrogen (secondary N) is 1. The Morgan fingerprint density at radius 3 is 2.54 bits per heavy atom. The van der Waals surface area contributed by atoms with Crippen molar-refractivity contribution in [3.8, 4) is 5.75 Å². The molecule has 0 aliphatic heterocycles. The van der Waals surface area contributed by atoms with E-state index in [4.69, 9.17) is 0 Å². The van der Waals surface area contributed by atoms with Gasteiger partial charge in [0.2, 0.25) is 5.91 Å². The molecule has 128 valence electrons. The summed E-state index contributed by atoms with van der Waals surface area (Å²) in [6, 6.07) is 4.66. The van der Waals surface area contributed by atoms with E-state index >= 15 is 0 Å².